The molecule has 3 nitrogen and oxygen atoms in total. The van der Waals surface area contributed by atoms with Crippen LogP contribution in [0.3, 0.4) is 0 Å². The van der Waals surface area contributed by atoms with Gasteiger partial charge in [0.2, 0.25) is 0 Å². The van der Waals surface area contributed by atoms with Gasteiger partial charge in [0, 0.05) is 13.1 Å². The predicted octanol–water partition coefficient (Wildman–Crippen LogP) is 1.00. The van der Waals surface area contributed by atoms with Crippen molar-refractivity contribution in [2.24, 2.45) is 0 Å². The van der Waals surface area contributed by atoms with Gasteiger partial charge >= 0.3 is 6.18 Å². The van der Waals surface area contributed by atoms with E-state index in [4.69, 9.17) is 5.11 Å². The van der Waals surface area contributed by atoms with E-state index < -0.39 is 18.3 Å². The first kappa shape index (κ1) is 14.7. The van der Waals surface area contributed by atoms with Gasteiger partial charge in [-0.25, -0.2) is 0 Å². The Kier molecular flexibility index (Phi) is 5.55. The Hall–Kier alpha value is -0.330. The normalized spacial score (nSPS) is 16.8. The molecule has 0 heterocycles. The summed E-state index contributed by atoms with van der Waals surface area (Å²) in [4.78, 5) is 1.00. The lowest BCUT2D eigenvalue weighted by Crippen LogP contribution is -2.45. The van der Waals surface area contributed by atoms with E-state index in [-0.39, 0.29) is 19.7 Å². The number of alkyl halides is 3. The van der Waals surface area contributed by atoms with Gasteiger partial charge in [0.05, 0.1) is 18.8 Å². The molecule has 0 aliphatic rings. The van der Waals surface area contributed by atoms with Crippen LogP contribution in [0.4, 0.5) is 13.2 Å². The Labute approximate surface area is 87.5 Å². The Morgan fingerprint density at radius 1 is 1.20 bits per heavy atom. The van der Waals surface area contributed by atoms with E-state index in [1.165, 1.54) is 6.92 Å². The van der Waals surface area contributed by atoms with Gasteiger partial charge in [-0.05, 0) is 13.3 Å². The fourth-order valence-electron chi connectivity index (χ4n) is 1.20. The molecule has 0 radical (unpaired) electrons. The van der Waals surface area contributed by atoms with Crippen LogP contribution in [0.25, 0.3) is 0 Å². The zero-order chi connectivity index (χ0) is 12.1. The Balaban J connectivity index is 4.28. The van der Waals surface area contributed by atoms with Crippen LogP contribution in [0.1, 0.15) is 20.3 Å². The highest BCUT2D eigenvalue weighted by molar-refractivity contribution is 4.77. The Bertz CT molecular complexity index is 183. The average molecular weight is 229 g/mol. The monoisotopic (exact) mass is 229 g/mol. The lowest BCUT2D eigenvalue weighted by Gasteiger charge is -2.30. The fraction of sp³-hybridized carbons (Fsp3) is 1.00. The standard InChI is InChI=1S/C9H18F3NO2/c1-3-8(2,15)6-13(4-5-14)7-9(10,11)12/h14-15H,3-7H2,1-2H3. The molecule has 0 aromatic rings. The number of hydrogen-bond acceptors (Lipinski definition) is 3. The predicted molar refractivity (Wildman–Crippen MR) is 50.5 cm³/mol. The summed E-state index contributed by atoms with van der Waals surface area (Å²) in [7, 11) is 0. The van der Waals surface area contributed by atoms with Crippen molar-refractivity contribution in [3.63, 3.8) is 0 Å². The molecule has 1 atom stereocenters. The maximum atomic E-state index is 12.1. The summed E-state index contributed by atoms with van der Waals surface area (Å²) in [6.45, 7) is 1.54. The molecule has 92 valence electrons. The topological polar surface area (TPSA) is 43.7 Å². The van der Waals surface area contributed by atoms with Crippen molar-refractivity contribution in [1.82, 2.24) is 4.90 Å². The molecular formula is C9H18F3NO2. The third kappa shape index (κ3) is 7.58. The highest BCUT2D eigenvalue weighted by Crippen LogP contribution is 2.19. The quantitative estimate of drug-likeness (QED) is 0.714. The zero-order valence-corrected chi connectivity index (χ0v) is 9.01. The molecule has 1 unspecified atom stereocenters. The minimum absolute atomic E-state index is 0.0876. The van der Waals surface area contributed by atoms with Gasteiger partial charge in [-0.15, -0.1) is 0 Å². The summed E-state index contributed by atoms with van der Waals surface area (Å²) >= 11 is 0. The van der Waals surface area contributed by atoms with Gasteiger partial charge in [0.1, 0.15) is 0 Å². The molecule has 0 aliphatic carbocycles. The van der Waals surface area contributed by atoms with E-state index in [1.54, 1.807) is 6.92 Å². The van der Waals surface area contributed by atoms with Crippen molar-refractivity contribution in [1.29, 1.82) is 0 Å². The summed E-state index contributed by atoms with van der Waals surface area (Å²) in [5.74, 6) is 0. The second-order valence-corrected chi connectivity index (χ2v) is 3.90. The van der Waals surface area contributed by atoms with Crippen LogP contribution in [0.5, 0.6) is 0 Å². The molecular weight excluding hydrogens is 211 g/mol. The number of halogens is 3. The number of aliphatic hydroxyl groups is 2. The lowest BCUT2D eigenvalue weighted by atomic mass is 10.0. The van der Waals surface area contributed by atoms with Crippen LogP contribution in [0.2, 0.25) is 0 Å². The summed E-state index contributed by atoms with van der Waals surface area (Å²) < 4.78 is 36.3. The Morgan fingerprint density at radius 2 is 1.73 bits per heavy atom. The maximum absolute atomic E-state index is 12.1. The maximum Gasteiger partial charge on any atom is 0.401 e. The van der Waals surface area contributed by atoms with E-state index in [0.29, 0.717) is 6.42 Å². The van der Waals surface area contributed by atoms with E-state index in [2.05, 4.69) is 0 Å². The minimum Gasteiger partial charge on any atom is -0.395 e. The van der Waals surface area contributed by atoms with Crippen LogP contribution >= 0.6 is 0 Å². The first-order valence-corrected chi connectivity index (χ1v) is 4.82. The first-order chi connectivity index (χ1) is 6.70. The van der Waals surface area contributed by atoms with Crippen molar-refractivity contribution < 1.29 is 23.4 Å². The summed E-state index contributed by atoms with van der Waals surface area (Å²) in [6.07, 6.45) is -3.94. The van der Waals surface area contributed by atoms with Crippen molar-refractivity contribution in [2.75, 3.05) is 26.2 Å². The number of hydrogen-bond donors (Lipinski definition) is 2. The molecule has 0 saturated heterocycles. The highest BCUT2D eigenvalue weighted by atomic mass is 19.4. The largest absolute Gasteiger partial charge is 0.401 e. The van der Waals surface area contributed by atoms with Gasteiger partial charge in [-0.1, -0.05) is 6.92 Å². The molecule has 0 aliphatic heterocycles. The molecule has 15 heavy (non-hydrogen) atoms. The van der Waals surface area contributed by atoms with Crippen LogP contribution < -0.4 is 0 Å². The smallest absolute Gasteiger partial charge is 0.395 e. The molecule has 0 saturated carbocycles. The van der Waals surface area contributed by atoms with E-state index in [1.807, 2.05) is 0 Å². The van der Waals surface area contributed by atoms with Crippen LogP contribution in [-0.4, -0.2) is 53.1 Å². The summed E-state index contributed by atoms with van der Waals surface area (Å²) in [5, 5.41) is 18.2. The second kappa shape index (κ2) is 5.67. The zero-order valence-electron chi connectivity index (χ0n) is 9.01. The van der Waals surface area contributed by atoms with Crippen molar-refractivity contribution in [2.45, 2.75) is 32.0 Å². The SMILES string of the molecule is CCC(C)(O)CN(CCO)CC(F)(F)F. The van der Waals surface area contributed by atoms with Crippen molar-refractivity contribution in [3.05, 3.63) is 0 Å². The molecule has 0 aromatic carbocycles. The highest BCUT2D eigenvalue weighted by Gasteiger charge is 2.33. The van der Waals surface area contributed by atoms with Gasteiger partial charge < -0.3 is 10.2 Å². The Morgan fingerprint density at radius 3 is 2.07 bits per heavy atom. The van der Waals surface area contributed by atoms with Gasteiger partial charge in [-0.2, -0.15) is 13.2 Å². The number of nitrogens with zero attached hydrogens (tertiary/aromatic N) is 1. The molecule has 0 spiro atoms. The molecule has 6 heteroatoms. The van der Waals surface area contributed by atoms with Crippen LogP contribution in [-0.2, 0) is 0 Å². The van der Waals surface area contributed by atoms with Crippen LogP contribution in [0.15, 0.2) is 0 Å². The average Bonchev–Trinajstić information content (AvgIpc) is 2.01. The lowest BCUT2D eigenvalue weighted by molar-refractivity contribution is -0.152. The second-order valence-electron chi connectivity index (χ2n) is 3.90. The van der Waals surface area contributed by atoms with Crippen LogP contribution in [0, 0.1) is 0 Å². The van der Waals surface area contributed by atoms with E-state index in [9.17, 15) is 18.3 Å². The molecule has 2 N–H and O–H groups in total. The molecule has 0 bridgehead atoms. The first-order valence-electron chi connectivity index (χ1n) is 4.82. The van der Waals surface area contributed by atoms with Gasteiger partial charge in [0.15, 0.2) is 0 Å². The third-order valence-electron chi connectivity index (χ3n) is 2.15. The number of aliphatic hydroxyl groups excluding tert-OH is 1. The third-order valence-corrected chi connectivity index (χ3v) is 2.15. The number of rotatable bonds is 6. The molecule has 0 fully saturated rings. The van der Waals surface area contributed by atoms with E-state index in [0.717, 1.165) is 4.90 Å². The van der Waals surface area contributed by atoms with Gasteiger partial charge in [0.25, 0.3) is 0 Å². The summed E-state index contributed by atoms with van der Waals surface area (Å²) in [6, 6.07) is 0. The van der Waals surface area contributed by atoms with Gasteiger partial charge in [-0.3, -0.25) is 4.90 Å². The summed E-state index contributed by atoms with van der Waals surface area (Å²) in [5.41, 5.74) is -1.15. The van der Waals surface area contributed by atoms with E-state index >= 15 is 0 Å². The van der Waals surface area contributed by atoms with Crippen molar-refractivity contribution >= 4 is 0 Å². The molecule has 0 amide bonds. The molecule has 0 aromatic heterocycles. The molecule has 0 rings (SSSR count). The fourth-order valence-corrected chi connectivity index (χ4v) is 1.20. The van der Waals surface area contributed by atoms with Crippen molar-refractivity contribution in [3.8, 4) is 0 Å². The minimum atomic E-state index is -4.31.